The summed E-state index contributed by atoms with van der Waals surface area (Å²) in [5.74, 6) is -0.289. The van der Waals surface area contributed by atoms with Crippen LogP contribution in [0, 0.1) is 0 Å². The predicted molar refractivity (Wildman–Crippen MR) is 159 cm³/mol. The minimum atomic E-state index is -3.84. The fourth-order valence-corrected chi connectivity index (χ4v) is 5.01. The molecule has 1 N–H and O–H groups in total. The van der Waals surface area contributed by atoms with E-state index in [1.165, 1.54) is 4.90 Å². The van der Waals surface area contributed by atoms with Gasteiger partial charge in [0.05, 0.1) is 11.9 Å². The molecular formula is C30H36ClN3O5S. The summed E-state index contributed by atoms with van der Waals surface area (Å²) >= 11 is 6.15. The van der Waals surface area contributed by atoms with Gasteiger partial charge in [0, 0.05) is 17.6 Å². The maximum atomic E-state index is 13.7. The smallest absolute Gasteiger partial charge is 0.244 e. The van der Waals surface area contributed by atoms with Crippen LogP contribution in [0.4, 0.5) is 5.69 Å². The molecule has 0 aromatic heterocycles. The van der Waals surface area contributed by atoms with E-state index in [1.807, 2.05) is 44.2 Å². The Balaban J connectivity index is 1.82. The normalized spacial score (nSPS) is 12.7. The highest BCUT2D eigenvalue weighted by atomic mass is 35.5. The quantitative estimate of drug-likeness (QED) is 0.304. The van der Waals surface area contributed by atoms with E-state index in [2.05, 4.69) is 5.32 Å². The van der Waals surface area contributed by atoms with Gasteiger partial charge < -0.3 is 15.0 Å². The van der Waals surface area contributed by atoms with Crippen molar-refractivity contribution < 1.29 is 22.7 Å². The van der Waals surface area contributed by atoms with Gasteiger partial charge in [-0.25, -0.2) is 8.42 Å². The third kappa shape index (κ3) is 8.99. The average Bonchev–Trinajstić information content (AvgIpc) is 2.93. The molecule has 0 radical (unpaired) electrons. The number of nitrogens with one attached hydrogen (secondary N) is 1. The van der Waals surface area contributed by atoms with Gasteiger partial charge in [0.1, 0.15) is 24.9 Å². The Morgan fingerprint density at radius 1 is 0.950 bits per heavy atom. The summed E-state index contributed by atoms with van der Waals surface area (Å²) in [7, 11) is -3.84. The van der Waals surface area contributed by atoms with E-state index in [0.717, 1.165) is 28.1 Å². The lowest BCUT2D eigenvalue weighted by Crippen LogP contribution is -2.52. The molecule has 0 saturated carbocycles. The zero-order chi connectivity index (χ0) is 29.3. The minimum absolute atomic E-state index is 0.0757. The molecule has 0 aliphatic rings. The predicted octanol–water partition coefficient (Wildman–Crippen LogP) is 5.02. The zero-order valence-corrected chi connectivity index (χ0v) is 24.8. The molecule has 0 aliphatic heterocycles. The van der Waals surface area contributed by atoms with Crippen molar-refractivity contribution in [1.82, 2.24) is 10.2 Å². The lowest BCUT2D eigenvalue weighted by Gasteiger charge is -2.32. The first-order valence-corrected chi connectivity index (χ1v) is 15.3. The first-order valence-electron chi connectivity index (χ1n) is 13.1. The molecule has 0 fully saturated rings. The highest BCUT2D eigenvalue weighted by Crippen LogP contribution is 2.23. The zero-order valence-electron chi connectivity index (χ0n) is 23.2. The highest BCUT2D eigenvalue weighted by Gasteiger charge is 2.30. The van der Waals surface area contributed by atoms with E-state index in [0.29, 0.717) is 23.1 Å². The first-order chi connectivity index (χ1) is 19.0. The Bertz CT molecular complexity index is 1380. The van der Waals surface area contributed by atoms with Crippen LogP contribution in [0.15, 0.2) is 78.9 Å². The van der Waals surface area contributed by atoms with Crippen molar-refractivity contribution in [2.75, 3.05) is 17.1 Å². The number of hydrogen-bond donors (Lipinski definition) is 1. The highest BCUT2D eigenvalue weighted by molar-refractivity contribution is 7.92. The molecule has 3 aromatic carbocycles. The Labute approximate surface area is 241 Å². The molecule has 40 heavy (non-hydrogen) atoms. The molecule has 214 valence electrons. The minimum Gasteiger partial charge on any atom is -0.489 e. The van der Waals surface area contributed by atoms with Crippen LogP contribution >= 0.6 is 11.6 Å². The summed E-state index contributed by atoms with van der Waals surface area (Å²) < 4.78 is 32.4. The summed E-state index contributed by atoms with van der Waals surface area (Å²) in [6.45, 7) is 5.43. The van der Waals surface area contributed by atoms with Crippen molar-refractivity contribution in [3.05, 3.63) is 95.0 Å². The van der Waals surface area contributed by atoms with E-state index in [9.17, 15) is 18.0 Å². The summed E-state index contributed by atoms with van der Waals surface area (Å²) in [6, 6.07) is 22.2. The second-order valence-electron chi connectivity index (χ2n) is 9.68. The van der Waals surface area contributed by atoms with E-state index >= 15 is 0 Å². The molecule has 0 spiro atoms. The van der Waals surface area contributed by atoms with Crippen molar-refractivity contribution in [1.29, 1.82) is 0 Å². The molecule has 0 bridgehead atoms. The Morgan fingerprint density at radius 3 is 2.20 bits per heavy atom. The number of nitrogens with zero attached hydrogens (tertiary/aromatic N) is 2. The van der Waals surface area contributed by atoms with E-state index < -0.39 is 28.5 Å². The van der Waals surface area contributed by atoms with Crippen LogP contribution in [0.3, 0.4) is 0 Å². The lowest BCUT2D eigenvalue weighted by molar-refractivity contribution is -0.139. The molecule has 2 atom stereocenters. The van der Waals surface area contributed by atoms with Gasteiger partial charge in [-0.15, -0.1) is 0 Å². The van der Waals surface area contributed by atoms with E-state index in [1.54, 1.807) is 55.5 Å². The molecule has 10 heteroatoms. The third-order valence-corrected chi connectivity index (χ3v) is 7.84. The second kappa shape index (κ2) is 14.2. The summed E-state index contributed by atoms with van der Waals surface area (Å²) in [6.07, 6.45) is 1.77. The third-order valence-electron chi connectivity index (χ3n) is 6.46. The van der Waals surface area contributed by atoms with Gasteiger partial charge in [-0.1, -0.05) is 61.0 Å². The molecule has 8 nitrogen and oxygen atoms in total. The van der Waals surface area contributed by atoms with Gasteiger partial charge in [0.15, 0.2) is 0 Å². The number of carbonyl (C=O) groups is 2. The maximum absolute atomic E-state index is 13.7. The lowest BCUT2D eigenvalue weighted by atomic mass is 10.1. The number of carbonyl (C=O) groups excluding carboxylic acids is 2. The first kappa shape index (κ1) is 31.0. The van der Waals surface area contributed by atoms with Crippen LogP contribution in [0.1, 0.15) is 38.3 Å². The Kier molecular flexibility index (Phi) is 11.0. The number of amides is 2. The van der Waals surface area contributed by atoms with Gasteiger partial charge in [0.2, 0.25) is 21.8 Å². The van der Waals surface area contributed by atoms with Crippen molar-refractivity contribution in [2.45, 2.75) is 52.4 Å². The van der Waals surface area contributed by atoms with Crippen LogP contribution in [-0.4, -0.2) is 50.0 Å². The number of benzene rings is 3. The number of hydrogen-bond acceptors (Lipinski definition) is 5. The summed E-state index contributed by atoms with van der Waals surface area (Å²) in [5.41, 5.74) is 2.03. The van der Waals surface area contributed by atoms with Gasteiger partial charge in [0.25, 0.3) is 0 Å². The monoisotopic (exact) mass is 585 g/mol. The van der Waals surface area contributed by atoms with Crippen LogP contribution in [0.2, 0.25) is 5.02 Å². The topological polar surface area (TPSA) is 96.0 Å². The van der Waals surface area contributed by atoms with Crippen LogP contribution < -0.4 is 14.4 Å². The average molecular weight is 586 g/mol. The van der Waals surface area contributed by atoms with Crippen LogP contribution in [0.25, 0.3) is 0 Å². The molecule has 3 rings (SSSR count). The largest absolute Gasteiger partial charge is 0.489 e. The SMILES string of the molecule is CC[C@H](C)NC(=O)[C@H](C)N(Cc1cccc(Cl)c1)C(=O)CN(c1ccc(OCc2ccccc2)cc1)S(C)(=O)=O. The van der Waals surface area contributed by atoms with E-state index in [4.69, 9.17) is 16.3 Å². The van der Waals surface area contributed by atoms with Crippen molar-refractivity contribution >= 4 is 39.1 Å². The molecule has 0 heterocycles. The van der Waals surface area contributed by atoms with Gasteiger partial charge in [-0.05, 0) is 67.8 Å². The fraction of sp³-hybridized carbons (Fsp3) is 0.333. The number of anilines is 1. The van der Waals surface area contributed by atoms with Crippen molar-refractivity contribution in [3.8, 4) is 5.75 Å². The number of halogens is 1. The number of ether oxygens (including phenoxy) is 1. The molecule has 0 aliphatic carbocycles. The number of rotatable bonds is 13. The van der Waals surface area contributed by atoms with Crippen molar-refractivity contribution in [3.63, 3.8) is 0 Å². The molecular weight excluding hydrogens is 550 g/mol. The fourth-order valence-electron chi connectivity index (χ4n) is 3.94. The number of sulfonamides is 1. The van der Waals surface area contributed by atoms with E-state index in [-0.39, 0.29) is 18.5 Å². The molecule has 0 unspecified atom stereocenters. The van der Waals surface area contributed by atoms with Crippen LogP contribution in [-0.2, 0) is 32.8 Å². The summed E-state index contributed by atoms with van der Waals surface area (Å²) in [4.78, 5) is 28.0. The van der Waals surface area contributed by atoms with Gasteiger partial charge in [-0.3, -0.25) is 13.9 Å². The standard InChI is InChI=1S/C30H36ClN3O5S/c1-5-22(2)32-30(36)23(3)33(19-25-12-9-13-26(31)18-25)29(35)20-34(40(4,37)38)27-14-16-28(17-15-27)39-21-24-10-7-6-8-11-24/h6-18,22-23H,5,19-21H2,1-4H3,(H,32,36)/t22-,23-/m0/s1. The molecule has 3 aromatic rings. The van der Waals surface area contributed by atoms with Crippen molar-refractivity contribution in [2.24, 2.45) is 0 Å². The Morgan fingerprint density at radius 2 is 1.60 bits per heavy atom. The van der Waals surface area contributed by atoms with Crippen LogP contribution in [0.5, 0.6) is 5.75 Å². The Hall–Kier alpha value is -3.56. The summed E-state index contributed by atoms with van der Waals surface area (Å²) in [5, 5.41) is 3.40. The molecule has 2 amide bonds. The maximum Gasteiger partial charge on any atom is 0.244 e. The molecule has 0 saturated heterocycles. The van der Waals surface area contributed by atoms with Gasteiger partial charge in [-0.2, -0.15) is 0 Å². The second-order valence-corrected chi connectivity index (χ2v) is 12.0. The van der Waals surface area contributed by atoms with Gasteiger partial charge >= 0.3 is 0 Å².